The lowest BCUT2D eigenvalue weighted by molar-refractivity contribution is -0.136. The number of nitrogens with two attached hydrogens (primary N) is 1. The lowest BCUT2D eigenvalue weighted by Crippen LogP contribution is -2.49. The van der Waals surface area contributed by atoms with Gasteiger partial charge in [-0.3, -0.25) is 4.90 Å². The van der Waals surface area contributed by atoms with E-state index in [0.29, 0.717) is 19.5 Å². The van der Waals surface area contributed by atoms with E-state index in [1.54, 1.807) is 11.3 Å². The Hall–Kier alpha value is -0.590. The average Bonchev–Trinajstić information content (AvgIpc) is 2.79. The van der Waals surface area contributed by atoms with Gasteiger partial charge in [0.25, 0.3) is 0 Å². The molecule has 1 aromatic heterocycles. The van der Waals surface area contributed by atoms with Crippen LogP contribution in [0, 0.1) is 0 Å². The zero-order valence-electron chi connectivity index (χ0n) is 11.3. The molecule has 1 heterocycles. The average molecular weight is 294 g/mol. The normalized spacial score (nSPS) is 15.7. The number of nitrogens with zero attached hydrogens (tertiary/aromatic N) is 1. The van der Waals surface area contributed by atoms with Gasteiger partial charge in [-0.05, 0) is 49.2 Å². The Kier molecular flexibility index (Phi) is 5.82. The zero-order chi connectivity index (χ0) is 14.5. The highest BCUT2D eigenvalue weighted by Crippen LogP contribution is 2.27. The second-order valence-corrected chi connectivity index (χ2v) is 5.94. The molecule has 0 bridgehead atoms. The summed E-state index contributed by atoms with van der Waals surface area (Å²) in [5.41, 5.74) is 6.54. The largest absolute Gasteiger partial charge is 0.389 e. The van der Waals surface area contributed by atoms with E-state index in [2.05, 4.69) is 0 Å². The molecule has 110 valence electrons. The van der Waals surface area contributed by atoms with Gasteiger partial charge in [-0.1, -0.05) is 0 Å². The van der Waals surface area contributed by atoms with Crippen molar-refractivity contribution in [3.8, 4) is 0 Å². The van der Waals surface area contributed by atoms with Gasteiger partial charge in [-0.15, -0.1) is 0 Å². The highest BCUT2D eigenvalue weighted by Gasteiger charge is 2.31. The van der Waals surface area contributed by atoms with Gasteiger partial charge in [0.05, 0.1) is 0 Å². The summed E-state index contributed by atoms with van der Waals surface area (Å²) in [5.74, 6) is 0. The second-order valence-electron chi connectivity index (χ2n) is 5.16. The van der Waals surface area contributed by atoms with Gasteiger partial charge in [0.15, 0.2) is 0 Å². The van der Waals surface area contributed by atoms with Gasteiger partial charge in [-0.2, -0.15) is 24.5 Å². The molecule has 2 nitrogen and oxygen atoms in total. The highest BCUT2D eigenvalue weighted by molar-refractivity contribution is 7.07. The van der Waals surface area contributed by atoms with E-state index in [9.17, 15) is 13.2 Å². The van der Waals surface area contributed by atoms with E-state index in [4.69, 9.17) is 5.73 Å². The van der Waals surface area contributed by atoms with Crippen molar-refractivity contribution in [2.75, 3.05) is 13.6 Å². The number of hydrogen-bond donors (Lipinski definition) is 1. The van der Waals surface area contributed by atoms with Crippen molar-refractivity contribution in [1.82, 2.24) is 4.90 Å². The van der Waals surface area contributed by atoms with Crippen molar-refractivity contribution in [2.24, 2.45) is 5.73 Å². The first-order chi connectivity index (χ1) is 8.77. The molecule has 0 aliphatic heterocycles. The molecule has 6 heteroatoms. The van der Waals surface area contributed by atoms with Gasteiger partial charge >= 0.3 is 6.18 Å². The molecular weight excluding hydrogens is 273 g/mol. The molecule has 0 amide bonds. The van der Waals surface area contributed by atoms with Crippen LogP contribution in [-0.2, 0) is 6.54 Å². The topological polar surface area (TPSA) is 29.3 Å². The third-order valence-corrected chi connectivity index (χ3v) is 4.27. The van der Waals surface area contributed by atoms with Crippen LogP contribution in [0.15, 0.2) is 16.8 Å². The summed E-state index contributed by atoms with van der Waals surface area (Å²) >= 11 is 1.61. The fourth-order valence-electron chi connectivity index (χ4n) is 1.97. The molecule has 0 aliphatic carbocycles. The first-order valence-corrected chi connectivity index (χ1v) is 7.20. The maximum Gasteiger partial charge on any atom is 0.389 e. The van der Waals surface area contributed by atoms with Crippen molar-refractivity contribution >= 4 is 11.3 Å². The molecule has 0 saturated heterocycles. The van der Waals surface area contributed by atoms with Crippen LogP contribution in [0.4, 0.5) is 13.2 Å². The van der Waals surface area contributed by atoms with Crippen LogP contribution in [0.25, 0.3) is 0 Å². The summed E-state index contributed by atoms with van der Waals surface area (Å²) < 4.78 is 36.6. The van der Waals surface area contributed by atoms with Gasteiger partial charge in [-0.25, -0.2) is 0 Å². The maximum absolute atomic E-state index is 12.2. The summed E-state index contributed by atoms with van der Waals surface area (Å²) in [6.07, 6.45) is -4.26. The minimum absolute atomic E-state index is 0.116. The van der Waals surface area contributed by atoms with Crippen molar-refractivity contribution in [3.05, 3.63) is 22.4 Å². The number of thiophene rings is 1. The number of likely N-dealkylation sites (N-methyl/N-ethyl adjacent to an activating group) is 1. The Morgan fingerprint density at radius 1 is 1.32 bits per heavy atom. The van der Waals surface area contributed by atoms with Crippen LogP contribution < -0.4 is 5.73 Å². The van der Waals surface area contributed by atoms with Gasteiger partial charge < -0.3 is 5.73 Å². The van der Waals surface area contributed by atoms with Gasteiger partial charge in [0, 0.05) is 25.0 Å². The van der Waals surface area contributed by atoms with Crippen molar-refractivity contribution in [3.63, 3.8) is 0 Å². The van der Waals surface area contributed by atoms with E-state index in [0.717, 1.165) is 0 Å². The first kappa shape index (κ1) is 16.5. The molecule has 1 atom stereocenters. The molecule has 1 rings (SSSR count). The Bertz CT molecular complexity index is 364. The van der Waals surface area contributed by atoms with Crippen LogP contribution >= 0.6 is 11.3 Å². The number of alkyl halides is 3. The quantitative estimate of drug-likeness (QED) is 0.832. The molecule has 0 saturated carbocycles. The summed E-state index contributed by atoms with van der Waals surface area (Å²) in [7, 11) is 1.91. The molecule has 0 aliphatic rings. The van der Waals surface area contributed by atoms with E-state index < -0.39 is 18.1 Å². The smallest absolute Gasteiger partial charge is 0.329 e. The number of hydrogen-bond acceptors (Lipinski definition) is 3. The SMILES string of the molecule is CN(Cc1ccsc1)C(C)(CN)CCCC(F)(F)F. The Morgan fingerprint density at radius 3 is 2.47 bits per heavy atom. The van der Waals surface area contributed by atoms with E-state index in [-0.39, 0.29) is 6.42 Å². The number of halogens is 3. The lowest BCUT2D eigenvalue weighted by Gasteiger charge is -2.38. The molecule has 0 spiro atoms. The van der Waals surface area contributed by atoms with Crippen molar-refractivity contribution in [2.45, 2.75) is 44.4 Å². The predicted octanol–water partition coefficient (Wildman–Crippen LogP) is 3.63. The third-order valence-electron chi connectivity index (χ3n) is 3.54. The molecule has 0 fully saturated rings. The minimum Gasteiger partial charge on any atom is -0.329 e. The maximum atomic E-state index is 12.2. The third kappa shape index (κ3) is 5.50. The van der Waals surface area contributed by atoms with Crippen LogP contribution in [0.5, 0.6) is 0 Å². The second kappa shape index (κ2) is 6.72. The molecule has 19 heavy (non-hydrogen) atoms. The molecule has 0 radical (unpaired) electrons. The van der Waals surface area contributed by atoms with Gasteiger partial charge in [0.2, 0.25) is 0 Å². The highest BCUT2D eigenvalue weighted by atomic mass is 32.1. The molecular formula is C13H21F3N2S. The van der Waals surface area contributed by atoms with Crippen LogP contribution in [-0.4, -0.2) is 30.2 Å². The van der Waals surface area contributed by atoms with E-state index >= 15 is 0 Å². The summed E-state index contributed by atoms with van der Waals surface area (Å²) in [5, 5.41) is 4.04. The Morgan fingerprint density at radius 2 is 2.00 bits per heavy atom. The minimum atomic E-state index is -4.08. The molecule has 1 unspecified atom stereocenters. The van der Waals surface area contributed by atoms with Crippen molar-refractivity contribution < 1.29 is 13.2 Å². The van der Waals surface area contributed by atoms with Crippen LogP contribution in [0.1, 0.15) is 31.7 Å². The van der Waals surface area contributed by atoms with Crippen molar-refractivity contribution in [1.29, 1.82) is 0 Å². The fourth-order valence-corrected chi connectivity index (χ4v) is 2.63. The van der Waals surface area contributed by atoms with E-state index in [1.165, 1.54) is 5.56 Å². The summed E-state index contributed by atoms with van der Waals surface area (Å²) in [4.78, 5) is 2.05. The van der Waals surface area contributed by atoms with Crippen LogP contribution in [0.3, 0.4) is 0 Å². The monoisotopic (exact) mass is 294 g/mol. The number of rotatable bonds is 7. The van der Waals surface area contributed by atoms with Gasteiger partial charge in [0.1, 0.15) is 0 Å². The first-order valence-electron chi connectivity index (χ1n) is 6.26. The Labute approximate surface area is 116 Å². The summed E-state index contributed by atoms with van der Waals surface area (Å²) in [6.45, 7) is 2.99. The lowest BCUT2D eigenvalue weighted by atomic mass is 9.92. The molecule has 1 aromatic rings. The predicted molar refractivity (Wildman–Crippen MR) is 73.2 cm³/mol. The zero-order valence-corrected chi connectivity index (χ0v) is 12.2. The molecule has 0 aromatic carbocycles. The standard InChI is InChI=1S/C13H21F3N2S/c1-12(10-17,5-3-6-13(14,15)16)18(2)8-11-4-7-19-9-11/h4,7,9H,3,5-6,8,10,17H2,1-2H3. The Balaban J connectivity index is 2.53. The van der Waals surface area contributed by atoms with E-state index in [1.807, 2.05) is 35.7 Å². The summed E-state index contributed by atoms with van der Waals surface area (Å²) in [6, 6.07) is 2.02. The fraction of sp³-hybridized carbons (Fsp3) is 0.692. The molecule has 2 N–H and O–H groups in total. The van der Waals surface area contributed by atoms with Crippen LogP contribution in [0.2, 0.25) is 0 Å².